The Morgan fingerprint density at radius 3 is 2.85 bits per heavy atom. The molecule has 13 heavy (non-hydrogen) atoms. The number of rotatable bonds is 2. The molecule has 0 aromatic heterocycles. The SMILES string of the molecule is Cc1cc(CN=C=O)cc(Br)c1F. The molecule has 0 aliphatic heterocycles. The zero-order valence-electron chi connectivity index (χ0n) is 6.97. The van der Waals surface area contributed by atoms with E-state index in [9.17, 15) is 9.18 Å². The second kappa shape index (κ2) is 4.30. The van der Waals surface area contributed by atoms with Gasteiger partial charge in [0.25, 0.3) is 0 Å². The van der Waals surface area contributed by atoms with Crippen LogP contribution in [-0.4, -0.2) is 6.08 Å². The Hall–Kier alpha value is -0.990. The molecule has 0 atom stereocenters. The Morgan fingerprint density at radius 2 is 2.31 bits per heavy atom. The van der Waals surface area contributed by atoms with Gasteiger partial charge >= 0.3 is 0 Å². The minimum atomic E-state index is -0.279. The Bertz CT molecular complexity index is 349. The van der Waals surface area contributed by atoms with E-state index in [0.717, 1.165) is 5.56 Å². The van der Waals surface area contributed by atoms with Crippen LogP contribution in [-0.2, 0) is 11.3 Å². The molecule has 0 unspecified atom stereocenters. The van der Waals surface area contributed by atoms with Gasteiger partial charge in [-0.15, -0.1) is 0 Å². The molecule has 0 saturated heterocycles. The van der Waals surface area contributed by atoms with E-state index in [1.165, 1.54) is 6.08 Å². The second-order valence-corrected chi connectivity index (χ2v) is 3.47. The van der Waals surface area contributed by atoms with Gasteiger partial charge in [0.1, 0.15) is 5.82 Å². The molecule has 0 bridgehead atoms. The summed E-state index contributed by atoms with van der Waals surface area (Å²) in [6.07, 6.45) is 1.44. The molecule has 0 amide bonds. The van der Waals surface area contributed by atoms with E-state index in [-0.39, 0.29) is 12.4 Å². The van der Waals surface area contributed by atoms with E-state index in [2.05, 4.69) is 20.9 Å². The van der Waals surface area contributed by atoms with Crippen LogP contribution in [0.25, 0.3) is 0 Å². The van der Waals surface area contributed by atoms with E-state index in [4.69, 9.17) is 0 Å². The monoisotopic (exact) mass is 243 g/mol. The fourth-order valence-corrected chi connectivity index (χ4v) is 1.62. The summed E-state index contributed by atoms with van der Waals surface area (Å²) in [5.74, 6) is -0.279. The standard InChI is InChI=1S/C9H7BrFNO/c1-6-2-7(4-12-5-13)3-8(10)9(6)11/h2-3H,4H2,1H3. The number of isocyanates is 1. The van der Waals surface area contributed by atoms with Crippen LogP contribution in [0.4, 0.5) is 4.39 Å². The van der Waals surface area contributed by atoms with Crippen molar-refractivity contribution in [2.75, 3.05) is 0 Å². The lowest BCUT2D eigenvalue weighted by atomic mass is 10.1. The van der Waals surface area contributed by atoms with Crippen LogP contribution in [0.1, 0.15) is 11.1 Å². The third-order valence-corrected chi connectivity index (χ3v) is 2.17. The predicted octanol–water partition coefficient (Wildman–Crippen LogP) is 2.73. The second-order valence-electron chi connectivity index (χ2n) is 2.62. The Labute approximate surface area is 83.6 Å². The van der Waals surface area contributed by atoms with Gasteiger partial charge in [-0.25, -0.2) is 14.2 Å². The molecule has 0 aliphatic rings. The Kier molecular flexibility index (Phi) is 3.34. The minimum absolute atomic E-state index is 0.239. The maximum atomic E-state index is 13.1. The normalized spacial score (nSPS) is 9.46. The third-order valence-electron chi connectivity index (χ3n) is 1.60. The van der Waals surface area contributed by atoms with Crippen molar-refractivity contribution in [2.24, 2.45) is 4.99 Å². The number of halogens is 2. The highest BCUT2D eigenvalue weighted by atomic mass is 79.9. The number of hydrogen-bond acceptors (Lipinski definition) is 2. The fourth-order valence-electron chi connectivity index (χ4n) is 1.01. The summed E-state index contributed by atoms with van der Waals surface area (Å²) >= 11 is 3.07. The lowest BCUT2D eigenvalue weighted by Gasteiger charge is -2.02. The molecule has 1 aromatic carbocycles. The summed E-state index contributed by atoms with van der Waals surface area (Å²) in [4.78, 5) is 13.2. The molecule has 4 heteroatoms. The summed E-state index contributed by atoms with van der Waals surface area (Å²) in [5.41, 5.74) is 1.32. The van der Waals surface area contributed by atoms with E-state index in [1.807, 2.05) is 0 Å². The van der Waals surface area contributed by atoms with Crippen LogP contribution in [0.5, 0.6) is 0 Å². The van der Waals surface area contributed by atoms with Gasteiger partial charge in [-0.1, -0.05) is 6.07 Å². The van der Waals surface area contributed by atoms with Gasteiger partial charge in [-0.3, -0.25) is 0 Å². The highest BCUT2D eigenvalue weighted by Crippen LogP contribution is 2.21. The summed E-state index contributed by atoms with van der Waals surface area (Å²) in [6, 6.07) is 3.25. The molecule has 0 heterocycles. The molecule has 0 N–H and O–H groups in total. The molecule has 0 radical (unpaired) electrons. The van der Waals surface area contributed by atoms with Crippen molar-refractivity contribution < 1.29 is 9.18 Å². The first-order valence-electron chi connectivity index (χ1n) is 3.63. The smallest absolute Gasteiger partial charge is 0.211 e. The predicted molar refractivity (Wildman–Crippen MR) is 50.7 cm³/mol. The van der Waals surface area contributed by atoms with Gasteiger partial charge in [0.2, 0.25) is 6.08 Å². The summed E-state index contributed by atoms with van der Waals surface area (Å²) in [7, 11) is 0. The molecule has 0 spiro atoms. The van der Waals surface area contributed by atoms with Crippen LogP contribution in [0, 0.1) is 12.7 Å². The largest absolute Gasteiger partial charge is 0.235 e. The highest BCUT2D eigenvalue weighted by Gasteiger charge is 2.04. The molecular formula is C9H7BrFNO. The quantitative estimate of drug-likeness (QED) is 0.581. The zero-order valence-corrected chi connectivity index (χ0v) is 8.56. The summed E-state index contributed by atoms with van der Waals surface area (Å²) in [6.45, 7) is 1.90. The topological polar surface area (TPSA) is 29.4 Å². The molecule has 68 valence electrons. The van der Waals surface area contributed by atoms with Crippen molar-refractivity contribution in [2.45, 2.75) is 13.5 Å². The molecule has 1 rings (SSSR count). The van der Waals surface area contributed by atoms with Crippen molar-refractivity contribution in [1.29, 1.82) is 0 Å². The van der Waals surface area contributed by atoms with Crippen molar-refractivity contribution in [3.8, 4) is 0 Å². The molecule has 0 saturated carbocycles. The fraction of sp³-hybridized carbons (Fsp3) is 0.222. The van der Waals surface area contributed by atoms with Gasteiger partial charge in [0, 0.05) is 0 Å². The lowest BCUT2D eigenvalue weighted by molar-refractivity contribution is 0.562. The first-order valence-corrected chi connectivity index (χ1v) is 4.42. The van der Waals surface area contributed by atoms with Crippen molar-refractivity contribution >= 4 is 22.0 Å². The van der Waals surface area contributed by atoms with Gasteiger partial charge in [-0.2, -0.15) is 0 Å². The van der Waals surface area contributed by atoms with Crippen LogP contribution in [0.15, 0.2) is 21.6 Å². The number of benzene rings is 1. The van der Waals surface area contributed by atoms with Gasteiger partial charge in [-0.05, 0) is 40.0 Å². The maximum Gasteiger partial charge on any atom is 0.235 e. The van der Waals surface area contributed by atoms with E-state index >= 15 is 0 Å². The number of hydrogen-bond donors (Lipinski definition) is 0. The van der Waals surface area contributed by atoms with Crippen molar-refractivity contribution in [1.82, 2.24) is 0 Å². The van der Waals surface area contributed by atoms with E-state index < -0.39 is 0 Å². The molecular weight excluding hydrogens is 237 g/mol. The lowest BCUT2D eigenvalue weighted by Crippen LogP contribution is -1.89. The molecule has 0 fully saturated rings. The molecule has 1 aromatic rings. The van der Waals surface area contributed by atoms with Crippen LogP contribution >= 0.6 is 15.9 Å². The molecule has 0 aliphatic carbocycles. The Morgan fingerprint density at radius 1 is 1.62 bits per heavy atom. The highest BCUT2D eigenvalue weighted by molar-refractivity contribution is 9.10. The first-order chi connectivity index (χ1) is 6.15. The minimum Gasteiger partial charge on any atom is -0.211 e. The average molecular weight is 244 g/mol. The van der Waals surface area contributed by atoms with E-state index in [0.29, 0.717) is 10.0 Å². The van der Waals surface area contributed by atoms with Gasteiger partial charge in [0.15, 0.2) is 0 Å². The van der Waals surface area contributed by atoms with Crippen molar-refractivity contribution in [3.05, 3.63) is 33.5 Å². The van der Waals surface area contributed by atoms with Crippen LogP contribution < -0.4 is 0 Å². The summed E-state index contributed by atoms with van der Waals surface area (Å²) < 4.78 is 13.5. The van der Waals surface area contributed by atoms with Crippen LogP contribution in [0.2, 0.25) is 0 Å². The van der Waals surface area contributed by atoms with Gasteiger partial charge in [0.05, 0.1) is 11.0 Å². The first kappa shape index (κ1) is 10.1. The maximum absolute atomic E-state index is 13.1. The summed E-state index contributed by atoms with van der Waals surface area (Å²) in [5, 5.41) is 0. The van der Waals surface area contributed by atoms with Crippen LogP contribution in [0.3, 0.4) is 0 Å². The Balaban J connectivity index is 3.05. The number of carbonyl (C=O) groups excluding carboxylic acids is 1. The van der Waals surface area contributed by atoms with Gasteiger partial charge < -0.3 is 0 Å². The van der Waals surface area contributed by atoms with E-state index in [1.54, 1.807) is 19.1 Å². The van der Waals surface area contributed by atoms with Crippen molar-refractivity contribution in [3.63, 3.8) is 0 Å². The number of aryl methyl sites for hydroxylation is 1. The average Bonchev–Trinajstić information content (AvgIpc) is 2.10. The third kappa shape index (κ3) is 2.47. The number of aliphatic imine (C=N–C) groups is 1. The zero-order chi connectivity index (χ0) is 9.84. The number of nitrogens with zero attached hydrogens (tertiary/aromatic N) is 1. The molecule has 2 nitrogen and oxygen atoms in total.